The van der Waals surface area contributed by atoms with Crippen molar-refractivity contribution in [1.29, 1.82) is 0 Å². The molecule has 0 unspecified atom stereocenters. The molecule has 8 rings (SSSR count). The molecule has 0 radical (unpaired) electrons. The van der Waals surface area contributed by atoms with E-state index >= 15 is 4.21 Å². The number of halogens is 1. The molecule has 2 amide bonds. The van der Waals surface area contributed by atoms with E-state index in [9.17, 15) is 9.59 Å². The molecule has 2 bridgehead atoms. The van der Waals surface area contributed by atoms with Gasteiger partial charge in [0, 0.05) is 58.0 Å². The number of thiol groups is 1. The molecule has 1 saturated heterocycles. The molecule has 3 aliphatic heterocycles. The number of allylic oxidation sites excluding steroid dienone is 1. The molecule has 2 N–H and O–H groups in total. The zero-order valence-corrected chi connectivity index (χ0v) is 32.3. The summed E-state index contributed by atoms with van der Waals surface area (Å²) in [6, 6.07) is 11.8. The molecule has 53 heavy (non-hydrogen) atoms. The van der Waals surface area contributed by atoms with Gasteiger partial charge in [0.2, 0.25) is 0 Å². The monoisotopic (exact) mass is 763 g/mol. The molecule has 2 aromatic carbocycles. The van der Waals surface area contributed by atoms with E-state index in [0.717, 1.165) is 55.9 Å². The van der Waals surface area contributed by atoms with Crippen LogP contribution in [0, 0.1) is 17.8 Å². The van der Waals surface area contributed by atoms with Crippen LogP contribution in [-0.4, -0.2) is 77.2 Å². The SMILES string of the molecule is CO[C@H]1/C=C/C[C@H](C)[C@@H](C)[SH](=O)(NC(=O)c2cnn(C3COC3)c2)NC(=O)c2ccc3c(c2)N(C[C@@H]2CC[C@H]21)C[C@@]1(CCCc2cc(Cl)ccc21)CO3. The third-order valence-corrected chi connectivity index (χ3v) is 15.5. The fraction of sp³-hybridized carbons (Fsp3) is 0.525. The summed E-state index contributed by atoms with van der Waals surface area (Å²) >= 11 is 6.47. The number of hydrogen-bond donors (Lipinski definition) is 3. The summed E-state index contributed by atoms with van der Waals surface area (Å²) in [7, 11) is -2.12. The van der Waals surface area contributed by atoms with E-state index in [1.54, 1.807) is 24.1 Å². The lowest BCUT2D eigenvalue weighted by Crippen LogP contribution is -2.56. The molecule has 1 saturated carbocycles. The lowest BCUT2D eigenvalue weighted by atomic mass is 9.68. The van der Waals surface area contributed by atoms with Gasteiger partial charge >= 0.3 is 0 Å². The van der Waals surface area contributed by atoms with Crippen molar-refractivity contribution in [2.45, 2.75) is 75.2 Å². The maximum Gasteiger partial charge on any atom is 0.265 e. The highest BCUT2D eigenvalue weighted by atomic mass is 35.5. The van der Waals surface area contributed by atoms with Gasteiger partial charge in [-0.05, 0) is 105 Å². The molecule has 1 aromatic heterocycles. The van der Waals surface area contributed by atoms with Crippen LogP contribution in [0.3, 0.4) is 0 Å². The van der Waals surface area contributed by atoms with Crippen LogP contribution in [0.15, 0.2) is 60.9 Å². The van der Waals surface area contributed by atoms with Crippen molar-refractivity contribution in [1.82, 2.24) is 19.2 Å². The third-order valence-electron chi connectivity index (χ3n) is 12.5. The van der Waals surface area contributed by atoms with E-state index in [1.165, 1.54) is 17.3 Å². The third kappa shape index (κ3) is 6.92. The fourth-order valence-corrected chi connectivity index (χ4v) is 11.2. The summed E-state index contributed by atoms with van der Waals surface area (Å²) in [5, 5.41) is 4.49. The van der Waals surface area contributed by atoms with E-state index < -0.39 is 27.4 Å². The molecule has 4 heterocycles. The summed E-state index contributed by atoms with van der Waals surface area (Å²) < 4.78 is 40.4. The predicted molar refractivity (Wildman–Crippen MR) is 206 cm³/mol. The number of nitrogens with zero attached hydrogens (tertiary/aromatic N) is 3. The van der Waals surface area contributed by atoms with E-state index in [-0.39, 0.29) is 29.0 Å². The van der Waals surface area contributed by atoms with Gasteiger partial charge in [-0.15, -0.1) is 0 Å². The van der Waals surface area contributed by atoms with Crippen molar-refractivity contribution < 1.29 is 28.0 Å². The first kappa shape index (κ1) is 36.3. The average Bonchev–Trinajstić information content (AvgIpc) is 3.53. The first-order valence-electron chi connectivity index (χ1n) is 18.9. The quantitative estimate of drug-likeness (QED) is 0.232. The van der Waals surface area contributed by atoms with Crippen LogP contribution >= 0.6 is 11.6 Å². The largest absolute Gasteiger partial charge is 0.490 e. The Balaban J connectivity index is 1.16. The normalized spacial score (nSPS) is 31.0. The van der Waals surface area contributed by atoms with E-state index in [1.807, 2.05) is 32.0 Å². The predicted octanol–water partition coefficient (Wildman–Crippen LogP) is 5.61. The van der Waals surface area contributed by atoms with E-state index in [4.69, 9.17) is 25.8 Å². The van der Waals surface area contributed by atoms with Gasteiger partial charge in [-0.2, -0.15) is 5.10 Å². The number of benzene rings is 2. The molecule has 6 atom stereocenters. The van der Waals surface area contributed by atoms with Crippen molar-refractivity contribution in [3.05, 3.63) is 88.2 Å². The molecular weight excluding hydrogens is 714 g/mol. The van der Waals surface area contributed by atoms with Gasteiger partial charge < -0.3 is 19.1 Å². The number of nitrogens with one attached hydrogen (secondary N) is 2. The Hall–Kier alpha value is -3.71. The minimum Gasteiger partial charge on any atom is -0.490 e. The Morgan fingerprint density at radius 3 is 2.77 bits per heavy atom. The van der Waals surface area contributed by atoms with Crippen LogP contribution in [0.5, 0.6) is 5.75 Å². The minimum atomic E-state index is -3.89. The molecule has 2 aliphatic carbocycles. The highest BCUT2D eigenvalue weighted by molar-refractivity contribution is 8.01. The Bertz CT molecular complexity index is 1960. The summed E-state index contributed by atoms with van der Waals surface area (Å²) in [6.45, 7) is 6.89. The highest BCUT2D eigenvalue weighted by Crippen LogP contribution is 2.47. The standard InChI is InChI=1S/C40H50ClN5O6S/c1-25-6-4-8-36(50-3)33-12-9-29(33)19-45-23-40(15-5-7-27-16-31(41)11-13-34(27)40)24-52-37-14-10-28(17-35(37)45)38(47)43-53(49,26(25)2)44-39(48)30-18-42-46(20-30)32-21-51-22-32/h4,8,10-11,13-14,16-18,20,25-26,29,32-33,36,53H,5-7,9,12,15,19,21-24H2,1-3H3,(H2,43,44,47,48,49)/b8-4+/t25-,26+,29-,33+,36-,40-/m0/s1. The number of ether oxygens (including phenoxy) is 3. The van der Waals surface area contributed by atoms with Crippen molar-refractivity contribution in [2.75, 3.05) is 44.9 Å². The lowest BCUT2D eigenvalue weighted by Gasteiger charge is -2.46. The van der Waals surface area contributed by atoms with Gasteiger partial charge in [-0.1, -0.05) is 36.7 Å². The van der Waals surface area contributed by atoms with Gasteiger partial charge in [0.25, 0.3) is 11.8 Å². The van der Waals surface area contributed by atoms with Crippen LogP contribution in [0.1, 0.15) is 83.8 Å². The van der Waals surface area contributed by atoms with Gasteiger partial charge in [0.15, 0.2) is 0 Å². The average molecular weight is 764 g/mol. The number of anilines is 1. The van der Waals surface area contributed by atoms with Gasteiger partial charge in [-0.3, -0.25) is 23.7 Å². The Morgan fingerprint density at radius 1 is 1.17 bits per heavy atom. The van der Waals surface area contributed by atoms with Gasteiger partial charge in [0.1, 0.15) is 5.75 Å². The molecule has 13 heteroatoms. The number of fused-ring (bicyclic) bond motifs is 4. The molecule has 5 aliphatic rings. The van der Waals surface area contributed by atoms with E-state index in [2.05, 4.69) is 43.7 Å². The van der Waals surface area contributed by atoms with Crippen LogP contribution in [0.4, 0.5) is 5.69 Å². The zero-order chi connectivity index (χ0) is 36.9. The Morgan fingerprint density at radius 2 is 2.02 bits per heavy atom. The second-order valence-electron chi connectivity index (χ2n) is 15.8. The smallest absolute Gasteiger partial charge is 0.265 e. The number of carbonyl (C=O) groups is 2. The number of amides is 2. The number of aromatic nitrogens is 2. The Kier molecular flexibility index (Phi) is 9.93. The molecule has 11 nitrogen and oxygen atoms in total. The first-order valence-corrected chi connectivity index (χ1v) is 21.1. The molecule has 2 fully saturated rings. The molecule has 284 valence electrons. The Labute approximate surface area is 317 Å². The van der Waals surface area contributed by atoms with E-state index in [0.29, 0.717) is 49.4 Å². The van der Waals surface area contributed by atoms with Crippen LogP contribution < -0.4 is 19.1 Å². The number of methoxy groups -OCH3 is 1. The number of hydrogen-bond acceptors (Lipinski definition) is 8. The van der Waals surface area contributed by atoms with Crippen molar-refractivity contribution in [2.24, 2.45) is 17.8 Å². The van der Waals surface area contributed by atoms with Crippen LogP contribution in [0.2, 0.25) is 5.02 Å². The van der Waals surface area contributed by atoms with Crippen molar-refractivity contribution >= 4 is 39.4 Å². The summed E-state index contributed by atoms with van der Waals surface area (Å²) in [5.74, 6) is 0.224. The maximum absolute atomic E-state index is 15.0. The summed E-state index contributed by atoms with van der Waals surface area (Å²) in [6.07, 6.45) is 13.0. The maximum atomic E-state index is 15.0. The zero-order valence-electron chi connectivity index (χ0n) is 30.6. The van der Waals surface area contributed by atoms with Crippen LogP contribution in [0.25, 0.3) is 0 Å². The van der Waals surface area contributed by atoms with Crippen molar-refractivity contribution in [3.8, 4) is 5.75 Å². The lowest BCUT2D eigenvalue weighted by molar-refractivity contribution is -0.0286. The summed E-state index contributed by atoms with van der Waals surface area (Å²) in [5.41, 5.74) is 3.74. The number of aryl methyl sites for hydroxylation is 1. The summed E-state index contributed by atoms with van der Waals surface area (Å²) in [4.78, 5) is 30.3. The highest BCUT2D eigenvalue weighted by Gasteiger charge is 2.44. The van der Waals surface area contributed by atoms with Crippen LogP contribution in [-0.2, 0) is 31.6 Å². The minimum absolute atomic E-state index is 0.0600. The van der Waals surface area contributed by atoms with Crippen molar-refractivity contribution in [3.63, 3.8) is 0 Å². The fourth-order valence-electron chi connectivity index (χ4n) is 8.86. The van der Waals surface area contributed by atoms with Gasteiger partial charge in [-0.25, -0.2) is 4.21 Å². The number of carbonyl (C=O) groups excluding carboxylic acids is 2. The molecular formula is C40H50ClN5O6S. The molecule has 3 aromatic rings. The first-order chi connectivity index (χ1) is 25.6. The second kappa shape index (κ2) is 14.5. The van der Waals surface area contributed by atoms with Gasteiger partial charge in [0.05, 0.1) is 49.4 Å². The second-order valence-corrected chi connectivity index (χ2v) is 18.8. The number of rotatable bonds is 4. The molecule has 1 spiro atoms. The topological polar surface area (TPSA) is 124 Å².